The number of nitrogens with one attached hydrogen (secondary N) is 1. The van der Waals surface area contributed by atoms with Crippen LogP contribution in [0.2, 0.25) is 4.34 Å². The first-order valence-corrected chi connectivity index (χ1v) is 9.58. The maximum absolute atomic E-state index is 12.4. The van der Waals surface area contributed by atoms with Crippen LogP contribution < -0.4 is 5.32 Å². The Hall–Kier alpha value is -2.51. The second-order valence-corrected chi connectivity index (χ2v) is 8.30. The van der Waals surface area contributed by atoms with Gasteiger partial charge in [-0.15, -0.1) is 11.3 Å². The molecule has 3 amide bonds. The van der Waals surface area contributed by atoms with Crippen LogP contribution in [0.5, 0.6) is 0 Å². The molecular formula is C19H21ClN4O2S. The van der Waals surface area contributed by atoms with Crippen LogP contribution in [0.1, 0.15) is 4.88 Å². The predicted molar refractivity (Wildman–Crippen MR) is 110 cm³/mol. The largest absolute Gasteiger partial charge is 0.347 e. The Kier molecular flexibility index (Phi) is 5.72. The van der Waals surface area contributed by atoms with Gasteiger partial charge in [0, 0.05) is 48.8 Å². The van der Waals surface area contributed by atoms with Crippen molar-refractivity contribution < 1.29 is 9.59 Å². The van der Waals surface area contributed by atoms with Crippen LogP contribution >= 0.6 is 22.9 Å². The molecule has 0 aliphatic heterocycles. The number of nitrogens with zero attached hydrogens (tertiary/aromatic N) is 3. The SMILES string of the molecule is CN(C)C(=O)Cn1ccc2cc(NC(=O)N(C)Cc3ccc(Cl)s3)ccc21. The Morgan fingerprint density at radius 1 is 1.15 bits per heavy atom. The molecule has 2 heterocycles. The summed E-state index contributed by atoms with van der Waals surface area (Å²) in [6.45, 7) is 0.781. The number of carbonyl (C=O) groups excluding carboxylic acids is 2. The summed E-state index contributed by atoms with van der Waals surface area (Å²) in [4.78, 5) is 28.5. The number of hydrogen-bond acceptors (Lipinski definition) is 3. The van der Waals surface area contributed by atoms with E-state index in [1.807, 2.05) is 47.2 Å². The number of rotatable bonds is 5. The summed E-state index contributed by atoms with van der Waals surface area (Å²) in [5, 5.41) is 3.87. The van der Waals surface area contributed by atoms with Gasteiger partial charge in [0.05, 0.1) is 10.9 Å². The van der Waals surface area contributed by atoms with Crippen molar-refractivity contribution in [1.29, 1.82) is 0 Å². The van der Waals surface area contributed by atoms with Crippen LogP contribution in [-0.2, 0) is 17.9 Å². The zero-order valence-corrected chi connectivity index (χ0v) is 17.0. The molecule has 1 N–H and O–H groups in total. The normalized spacial score (nSPS) is 10.8. The highest BCUT2D eigenvalue weighted by molar-refractivity contribution is 7.16. The zero-order chi connectivity index (χ0) is 19.6. The summed E-state index contributed by atoms with van der Waals surface area (Å²) < 4.78 is 2.61. The van der Waals surface area contributed by atoms with Crippen molar-refractivity contribution in [3.05, 3.63) is 51.8 Å². The Balaban J connectivity index is 1.68. The molecule has 0 spiro atoms. The van der Waals surface area contributed by atoms with Crippen LogP contribution in [0.15, 0.2) is 42.6 Å². The molecule has 0 bridgehead atoms. The van der Waals surface area contributed by atoms with E-state index in [0.29, 0.717) is 16.6 Å². The van der Waals surface area contributed by atoms with E-state index < -0.39 is 0 Å². The van der Waals surface area contributed by atoms with Gasteiger partial charge >= 0.3 is 6.03 Å². The van der Waals surface area contributed by atoms with Crippen molar-refractivity contribution in [2.75, 3.05) is 26.5 Å². The lowest BCUT2D eigenvalue weighted by Gasteiger charge is -2.17. The van der Waals surface area contributed by atoms with E-state index in [1.165, 1.54) is 11.3 Å². The van der Waals surface area contributed by atoms with Gasteiger partial charge in [-0.05, 0) is 36.4 Å². The number of urea groups is 1. The first-order valence-electron chi connectivity index (χ1n) is 8.39. The Morgan fingerprint density at radius 2 is 1.93 bits per heavy atom. The first kappa shape index (κ1) is 19.3. The van der Waals surface area contributed by atoms with Crippen LogP contribution in [0.25, 0.3) is 10.9 Å². The third-order valence-electron chi connectivity index (χ3n) is 4.20. The molecule has 0 atom stereocenters. The standard InChI is InChI=1S/C19H21ClN4O2S/c1-22(2)18(25)12-24-9-8-13-10-14(4-6-16(13)24)21-19(26)23(3)11-15-5-7-17(20)27-15/h4-10H,11-12H2,1-3H3,(H,21,26). The summed E-state index contributed by atoms with van der Waals surface area (Å²) in [5.74, 6) is 0.0279. The molecule has 27 heavy (non-hydrogen) atoms. The molecule has 0 aliphatic rings. The minimum absolute atomic E-state index is 0.0279. The van der Waals surface area contributed by atoms with Gasteiger partial charge in [-0.3, -0.25) is 4.79 Å². The van der Waals surface area contributed by atoms with Gasteiger partial charge in [-0.2, -0.15) is 0 Å². The fraction of sp³-hybridized carbons (Fsp3) is 0.263. The number of anilines is 1. The van der Waals surface area contributed by atoms with Gasteiger partial charge in [-0.25, -0.2) is 4.79 Å². The van der Waals surface area contributed by atoms with Crippen molar-refractivity contribution >= 4 is 51.5 Å². The van der Waals surface area contributed by atoms with Crippen molar-refractivity contribution in [2.24, 2.45) is 0 Å². The van der Waals surface area contributed by atoms with Crippen molar-refractivity contribution in [2.45, 2.75) is 13.1 Å². The summed E-state index contributed by atoms with van der Waals surface area (Å²) in [5.41, 5.74) is 1.66. The summed E-state index contributed by atoms with van der Waals surface area (Å²) in [6, 6.07) is 11.1. The van der Waals surface area contributed by atoms with Crippen molar-refractivity contribution in [1.82, 2.24) is 14.4 Å². The molecule has 0 radical (unpaired) electrons. The lowest BCUT2D eigenvalue weighted by atomic mass is 10.2. The molecule has 1 aromatic carbocycles. The highest BCUT2D eigenvalue weighted by Gasteiger charge is 2.12. The number of benzene rings is 1. The molecule has 142 valence electrons. The van der Waals surface area contributed by atoms with Gasteiger partial charge in [0.1, 0.15) is 6.54 Å². The Bertz CT molecular complexity index is 979. The fourth-order valence-electron chi connectivity index (χ4n) is 2.66. The third-order valence-corrected chi connectivity index (χ3v) is 5.41. The van der Waals surface area contributed by atoms with E-state index in [1.54, 1.807) is 30.9 Å². The Morgan fingerprint density at radius 3 is 2.59 bits per heavy atom. The number of fused-ring (bicyclic) bond motifs is 1. The number of carbonyl (C=O) groups is 2. The number of likely N-dealkylation sites (N-methyl/N-ethyl adjacent to an activating group) is 1. The van der Waals surface area contributed by atoms with Crippen molar-refractivity contribution in [3.8, 4) is 0 Å². The molecule has 0 unspecified atom stereocenters. The van der Waals surface area contributed by atoms with E-state index in [-0.39, 0.29) is 18.5 Å². The van der Waals surface area contributed by atoms with Gasteiger partial charge < -0.3 is 19.7 Å². The maximum atomic E-state index is 12.4. The van der Waals surface area contributed by atoms with Crippen molar-refractivity contribution in [3.63, 3.8) is 0 Å². The number of hydrogen-bond donors (Lipinski definition) is 1. The number of thiophene rings is 1. The third kappa shape index (κ3) is 4.61. The van der Waals surface area contributed by atoms with Crippen LogP contribution in [0.3, 0.4) is 0 Å². The second kappa shape index (κ2) is 8.02. The van der Waals surface area contributed by atoms with E-state index >= 15 is 0 Å². The molecule has 6 nitrogen and oxygen atoms in total. The van der Waals surface area contributed by atoms with Gasteiger partial charge in [0.15, 0.2) is 0 Å². The smallest absolute Gasteiger partial charge is 0.321 e. The first-order chi connectivity index (χ1) is 12.8. The number of halogens is 1. The average molecular weight is 405 g/mol. The molecule has 2 aromatic heterocycles. The zero-order valence-electron chi connectivity index (χ0n) is 15.4. The van der Waals surface area contributed by atoms with E-state index in [2.05, 4.69) is 5.32 Å². The minimum atomic E-state index is -0.193. The van der Waals surface area contributed by atoms with Gasteiger partial charge in [-0.1, -0.05) is 11.6 Å². The van der Waals surface area contributed by atoms with E-state index in [9.17, 15) is 9.59 Å². The predicted octanol–water partition coefficient (Wildman–Crippen LogP) is 4.11. The summed E-state index contributed by atoms with van der Waals surface area (Å²) in [6.07, 6.45) is 1.88. The Labute approximate surface area is 166 Å². The molecule has 8 heteroatoms. The second-order valence-electron chi connectivity index (χ2n) is 6.50. The fourth-order valence-corrected chi connectivity index (χ4v) is 3.81. The van der Waals surface area contributed by atoms with Crippen LogP contribution in [0.4, 0.5) is 10.5 Å². The summed E-state index contributed by atoms with van der Waals surface area (Å²) >= 11 is 7.39. The monoisotopic (exact) mass is 404 g/mol. The van der Waals surface area contributed by atoms with E-state index in [4.69, 9.17) is 11.6 Å². The number of amides is 3. The van der Waals surface area contributed by atoms with Gasteiger partial charge in [0.25, 0.3) is 0 Å². The van der Waals surface area contributed by atoms with Gasteiger partial charge in [0.2, 0.25) is 5.91 Å². The number of aromatic nitrogens is 1. The summed E-state index contributed by atoms with van der Waals surface area (Å²) in [7, 11) is 5.22. The minimum Gasteiger partial charge on any atom is -0.347 e. The highest BCUT2D eigenvalue weighted by Crippen LogP contribution is 2.23. The molecule has 0 saturated heterocycles. The molecule has 0 fully saturated rings. The molecule has 0 saturated carbocycles. The van der Waals surface area contributed by atoms with Crippen LogP contribution in [0, 0.1) is 0 Å². The highest BCUT2D eigenvalue weighted by atomic mass is 35.5. The van der Waals surface area contributed by atoms with Crippen LogP contribution in [-0.4, -0.2) is 47.4 Å². The quantitative estimate of drug-likeness (QED) is 0.695. The topological polar surface area (TPSA) is 57.6 Å². The average Bonchev–Trinajstić information content (AvgIpc) is 3.20. The lowest BCUT2D eigenvalue weighted by molar-refractivity contribution is -0.129. The lowest BCUT2D eigenvalue weighted by Crippen LogP contribution is -2.30. The molecule has 3 rings (SSSR count). The molecule has 3 aromatic rings. The molecule has 0 aliphatic carbocycles. The molecular weight excluding hydrogens is 384 g/mol. The van der Waals surface area contributed by atoms with E-state index in [0.717, 1.165) is 15.8 Å². The maximum Gasteiger partial charge on any atom is 0.321 e.